The molecule has 0 aliphatic rings. The number of aromatic nitrogens is 4. The minimum atomic E-state index is -0.623. The number of aromatic amines is 1. The summed E-state index contributed by atoms with van der Waals surface area (Å²) in [6, 6.07) is 11.6. The number of amides is 2. The molecule has 0 bridgehead atoms. The van der Waals surface area contributed by atoms with Crippen LogP contribution in [0.2, 0.25) is 0 Å². The predicted octanol–water partition coefficient (Wildman–Crippen LogP) is 4.63. The number of imidazole rings is 1. The van der Waals surface area contributed by atoms with Crippen LogP contribution in [0.25, 0.3) is 11.0 Å². The van der Waals surface area contributed by atoms with Crippen LogP contribution in [0.3, 0.4) is 0 Å². The highest BCUT2D eigenvalue weighted by Crippen LogP contribution is 2.17. The Morgan fingerprint density at radius 2 is 1.94 bits per heavy atom. The molecule has 0 unspecified atom stereocenters. The summed E-state index contributed by atoms with van der Waals surface area (Å²) in [6.45, 7) is 8.44. The quantitative estimate of drug-likeness (QED) is 0.360. The van der Waals surface area contributed by atoms with E-state index in [-0.39, 0.29) is 12.5 Å². The summed E-state index contributed by atoms with van der Waals surface area (Å²) in [7, 11) is 0. The number of nitrogens with one attached hydrogen (secondary N) is 2. The Morgan fingerprint density at radius 3 is 2.67 bits per heavy atom. The maximum absolute atomic E-state index is 12.9. The summed E-state index contributed by atoms with van der Waals surface area (Å²) in [4.78, 5) is 43.7. The highest BCUT2D eigenvalue weighted by molar-refractivity contribution is 7.09. The van der Waals surface area contributed by atoms with Gasteiger partial charge in [-0.15, -0.1) is 11.3 Å². The summed E-state index contributed by atoms with van der Waals surface area (Å²) in [6.07, 6.45) is 1.82. The SMILES string of the molecule is Cc1ccc(CNC(=O)c2csc(CCN(Cc3nc4ccccc4[nH]3)C(=O)OC(C)(C)C)n2)nc1. The molecule has 0 saturated carbocycles. The van der Waals surface area contributed by atoms with E-state index < -0.39 is 11.7 Å². The van der Waals surface area contributed by atoms with Gasteiger partial charge in [-0.25, -0.2) is 14.8 Å². The van der Waals surface area contributed by atoms with Gasteiger partial charge in [0.1, 0.15) is 17.1 Å². The molecule has 0 fully saturated rings. The van der Waals surface area contributed by atoms with E-state index in [1.54, 1.807) is 16.5 Å². The maximum atomic E-state index is 12.9. The van der Waals surface area contributed by atoms with Crippen LogP contribution in [0.4, 0.5) is 4.79 Å². The average Bonchev–Trinajstić information content (AvgIpc) is 3.46. The number of rotatable bonds is 8. The Hall–Kier alpha value is -3.79. The van der Waals surface area contributed by atoms with Crippen molar-refractivity contribution < 1.29 is 14.3 Å². The fourth-order valence-electron chi connectivity index (χ4n) is 3.45. The van der Waals surface area contributed by atoms with Crippen molar-refractivity contribution in [1.29, 1.82) is 0 Å². The van der Waals surface area contributed by atoms with E-state index in [0.717, 1.165) is 27.3 Å². The Kier molecular flexibility index (Phi) is 7.64. The number of ether oxygens (including phenoxy) is 1. The molecule has 4 rings (SSSR count). The van der Waals surface area contributed by atoms with Gasteiger partial charge in [-0.3, -0.25) is 9.78 Å². The topological polar surface area (TPSA) is 113 Å². The first-order chi connectivity index (χ1) is 17.2. The second-order valence-electron chi connectivity index (χ2n) is 9.49. The molecule has 4 aromatic rings. The average molecular weight is 507 g/mol. The Balaban J connectivity index is 1.39. The molecule has 0 atom stereocenters. The van der Waals surface area contributed by atoms with Gasteiger partial charge in [-0.2, -0.15) is 0 Å². The summed E-state index contributed by atoms with van der Waals surface area (Å²) in [5.41, 5.74) is 3.32. The lowest BCUT2D eigenvalue weighted by molar-refractivity contribution is 0.0231. The number of carbonyl (C=O) groups is 2. The highest BCUT2D eigenvalue weighted by Gasteiger charge is 2.24. The molecule has 188 valence electrons. The van der Waals surface area contributed by atoms with Gasteiger partial charge in [0.25, 0.3) is 5.91 Å². The van der Waals surface area contributed by atoms with Crippen molar-refractivity contribution in [3.63, 3.8) is 0 Å². The Morgan fingerprint density at radius 1 is 1.14 bits per heavy atom. The molecule has 10 heteroatoms. The van der Waals surface area contributed by atoms with Crippen molar-refractivity contribution in [2.24, 2.45) is 0 Å². The number of aryl methyl sites for hydroxylation is 1. The lowest BCUT2D eigenvalue weighted by atomic mass is 10.2. The fraction of sp³-hybridized carbons (Fsp3) is 0.346. The van der Waals surface area contributed by atoms with E-state index in [0.29, 0.717) is 31.0 Å². The third-order valence-corrected chi connectivity index (χ3v) is 6.12. The summed E-state index contributed by atoms with van der Waals surface area (Å²) in [5.74, 6) is 0.414. The number of fused-ring (bicyclic) bond motifs is 1. The van der Waals surface area contributed by atoms with E-state index >= 15 is 0 Å². The van der Waals surface area contributed by atoms with Gasteiger partial charge in [0.05, 0.1) is 34.8 Å². The number of benzene rings is 1. The van der Waals surface area contributed by atoms with Gasteiger partial charge >= 0.3 is 6.09 Å². The third kappa shape index (κ3) is 6.88. The Labute approximate surface area is 213 Å². The number of H-pyrrole nitrogens is 1. The van der Waals surface area contributed by atoms with Crippen LogP contribution in [-0.2, 0) is 24.2 Å². The first kappa shape index (κ1) is 25.3. The van der Waals surface area contributed by atoms with Crippen LogP contribution in [0.1, 0.15) is 53.3 Å². The monoisotopic (exact) mass is 506 g/mol. The maximum Gasteiger partial charge on any atom is 0.410 e. The number of carbonyl (C=O) groups excluding carboxylic acids is 2. The van der Waals surface area contributed by atoms with Crippen LogP contribution in [0.15, 0.2) is 48.0 Å². The molecule has 0 saturated heterocycles. The van der Waals surface area contributed by atoms with E-state index in [9.17, 15) is 9.59 Å². The third-order valence-electron chi connectivity index (χ3n) is 5.21. The number of hydrogen-bond donors (Lipinski definition) is 2. The van der Waals surface area contributed by atoms with E-state index in [4.69, 9.17) is 4.74 Å². The van der Waals surface area contributed by atoms with E-state index in [2.05, 4.69) is 25.3 Å². The molecular weight excluding hydrogens is 476 g/mol. The molecule has 3 heterocycles. The molecule has 2 N–H and O–H groups in total. The molecule has 0 aliphatic heterocycles. The van der Waals surface area contributed by atoms with E-state index in [1.807, 2.05) is 64.1 Å². The minimum absolute atomic E-state index is 0.258. The molecule has 9 nitrogen and oxygen atoms in total. The standard InChI is InChI=1S/C26H30N6O3S/c1-17-9-10-18(27-13-17)14-28-24(33)21-16-36-23(31-21)11-12-32(25(34)35-26(2,3)4)15-22-29-19-7-5-6-8-20(19)30-22/h5-10,13,16H,11-12,14-15H2,1-4H3,(H,28,33)(H,29,30). The van der Waals surface area contributed by atoms with Crippen molar-refractivity contribution in [3.8, 4) is 0 Å². The molecule has 36 heavy (non-hydrogen) atoms. The summed E-state index contributed by atoms with van der Waals surface area (Å²) in [5, 5.41) is 5.33. The van der Waals surface area contributed by atoms with Gasteiger partial charge in [-0.05, 0) is 51.5 Å². The van der Waals surface area contributed by atoms with Crippen LogP contribution < -0.4 is 5.32 Å². The van der Waals surface area contributed by atoms with Crippen LogP contribution >= 0.6 is 11.3 Å². The largest absolute Gasteiger partial charge is 0.444 e. The molecule has 1 aromatic carbocycles. The molecular formula is C26H30N6O3S. The second kappa shape index (κ2) is 10.9. The first-order valence-corrected chi connectivity index (χ1v) is 12.6. The Bertz CT molecular complexity index is 1310. The number of pyridine rings is 1. The summed E-state index contributed by atoms with van der Waals surface area (Å²) < 4.78 is 5.62. The number of hydrogen-bond acceptors (Lipinski definition) is 7. The smallest absolute Gasteiger partial charge is 0.410 e. The van der Waals surface area contributed by atoms with Crippen LogP contribution in [0, 0.1) is 6.92 Å². The molecule has 3 aromatic heterocycles. The van der Waals surface area contributed by atoms with Crippen molar-refractivity contribution in [1.82, 2.24) is 30.2 Å². The van der Waals surface area contributed by atoms with Crippen LogP contribution in [-0.4, -0.2) is 49.0 Å². The zero-order chi connectivity index (χ0) is 25.7. The summed E-state index contributed by atoms with van der Waals surface area (Å²) >= 11 is 1.39. The van der Waals surface area contributed by atoms with Gasteiger partial charge in [0.15, 0.2) is 0 Å². The van der Waals surface area contributed by atoms with Crippen LogP contribution in [0.5, 0.6) is 0 Å². The number of nitrogens with zero attached hydrogens (tertiary/aromatic N) is 4. The molecule has 2 amide bonds. The first-order valence-electron chi connectivity index (χ1n) is 11.7. The predicted molar refractivity (Wildman–Crippen MR) is 139 cm³/mol. The van der Waals surface area contributed by atoms with Crippen molar-refractivity contribution in [2.45, 2.75) is 52.8 Å². The number of thiazole rings is 1. The van der Waals surface area contributed by atoms with Gasteiger partial charge < -0.3 is 19.9 Å². The molecule has 0 radical (unpaired) electrons. The highest BCUT2D eigenvalue weighted by atomic mass is 32.1. The zero-order valence-electron chi connectivity index (χ0n) is 20.9. The molecule has 0 aliphatic carbocycles. The molecule has 0 spiro atoms. The van der Waals surface area contributed by atoms with Gasteiger partial charge in [0.2, 0.25) is 0 Å². The lowest BCUT2D eigenvalue weighted by Crippen LogP contribution is -2.38. The van der Waals surface area contributed by atoms with Gasteiger partial charge in [0, 0.05) is 24.5 Å². The lowest BCUT2D eigenvalue weighted by Gasteiger charge is -2.26. The fourth-order valence-corrected chi connectivity index (χ4v) is 4.22. The van der Waals surface area contributed by atoms with E-state index in [1.165, 1.54) is 11.3 Å². The van der Waals surface area contributed by atoms with Crippen molar-refractivity contribution >= 4 is 34.4 Å². The normalized spacial score (nSPS) is 11.4. The van der Waals surface area contributed by atoms with Crippen molar-refractivity contribution in [3.05, 3.63) is 75.8 Å². The second-order valence-corrected chi connectivity index (χ2v) is 10.4. The zero-order valence-corrected chi connectivity index (χ0v) is 21.7. The minimum Gasteiger partial charge on any atom is -0.444 e. The number of para-hydroxylation sites is 2. The van der Waals surface area contributed by atoms with Gasteiger partial charge in [-0.1, -0.05) is 18.2 Å². The van der Waals surface area contributed by atoms with Crippen molar-refractivity contribution in [2.75, 3.05) is 6.54 Å².